The molecule has 0 unspecified atom stereocenters. The zero-order chi connectivity index (χ0) is 17.8. The van der Waals surface area contributed by atoms with E-state index in [1.54, 1.807) is 14.1 Å². The Morgan fingerprint density at radius 2 is 1.64 bits per heavy atom. The molecule has 2 aromatic carbocycles. The third-order valence-electron chi connectivity index (χ3n) is 3.84. The smallest absolute Gasteiger partial charge is 0.259 e. The van der Waals surface area contributed by atoms with Crippen molar-refractivity contribution in [1.82, 2.24) is 4.57 Å². The molecule has 1 amide bonds. The third-order valence-corrected chi connectivity index (χ3v) is 3.84. The van der Waals surface area contributed by atoms with Gasteiger partial charge in [0.25, 0.3) is 5.91 Å². The fourth-order valence-electron chi connectivity index (χ4n) is 2.46. The van der Waals surface area contributed by atoms with Crippen LogP contribution in [-0.4, -0.2) is 17.5 Å². The molecule has 0 fully saturated rings. The molecule has 0 saturated heterocycles. The van der Waals surface area contributed by atoms with Gasteiger partial charge in [0.1, 0.15) is 5.75 Å². The highest BCUT2D eigenvalue weighted by atomic mass is 16.5. The summed E-state index contributed by atoms with van der Waals surface area (Å²) in [5.41, 5.74) is 0.913. The van der Waals surface area contributed by atoms with Crippen molar-refractivity contribution in [3.63, 3.8) is 0 Å². The van der Waals surface area contributed by atoms with Crippen LogP contribution < -0.4 is 15.2 Å². The average Bonchev–Trinajstić information content (AvgIpc) is 2.64. The van der Waals surface area contributed by atoms with Gasteiger partial charge in [-0.05, 0) is 30.3 Å². The molecule has 0 aliphatic heterocycles. The fraction of sp³-hybridized carbons (Fsp3) is 0.100. The number of amides is 1. The highest BCUT2D eigenvalue weighted by molar-refractivity contribution is 6.06. The van der Waals surface area contributed by atoms with Gasteiger partial charge < -0.3 is 14.2 Å². The minimum atomic E-state index is -0.222. The first-order valence-electron chi connectivity index (χ1n) is 7.83. The Labute approximate surface area is 145 Å². The van der Waals surface area contributed by atoms with Crippen molar-refractivity contribution in [2.45, 2.75) is 0 Å². The summed E-state index contributed by atoms with van der Waals surface area (Å²) in [6, 6.07) is 19.6. The SMILES string of the molecule is CN(C(=O)c1ccc(=O)n(C)c1)c1ccccc1Oc1ccccc1. The van der Waals surface area contributed by atoms with Crippen LogP contribution in [0.4, 0.5) is 5.69 Å². The molecular formula is C20H18N2O3. The number of hydrogen-bond acceptors (Lipinski definition) is 3. The lowest BCUT2D eigenvalue weighted by molar-refractivity contribution is 0.0991. The topological polar surface area (TPSA) is 51.5 Å². The van der Waals surface area contributed by atoms with E-state index < -0.39 is 0 Å². The predicted octanol–water partition coefficient (Wildman–Crippen LogP) is 3.45. The summed E-state index contributed by atoms with van der Waals surface area (Å²) < 4.78 is 7.29. The molecule has 1 heterocycles. The van der Waals surface area contributed by atoms with Gasteiger partial charge in [-0.15, -0.1) is 0 Å². The van der Waals surface area contributed by atoms with E-state index in [0.717, 1.165) is 0 Å². The maximum Gasteiger partial charge on any atom is 0.259 e. The maximum absolute atomic E-state index is 12.8. The van der Waals surface area contributed by atoms with Gasteiger partial charge in [-0.3, -0.25) is 9.59 Å². The first kappa shape index (κ1) is 16.5. The van der Waals surface area contributed by atoms with Crippen molar-refractivity contribution in [1.29, 1.82) is 0 Å². The van der Waals surface area contributed by atoms with Crippen LogP contribution in [0.2, 0.25) is 0 Å². The van der Waals surface area contributed by atoms with Crippen LogP contribution in [0.1, 0.15) is 10.4 Å². The van der Waals surface area contributed by atoms with E-state index in [4.69, 9.17) is 4.74 Å². The molecule has 1 aromatic heterocycles. The number of para-hydroxylation sites is 3. The molecule has 0 saturated carbocycles. The fourth-order valence-corrected chi connectivity index (χ4v) is 2.46. The van der Waals surface area contributed by atoms with E-state index in [1.165, 1.54) is 27.8 Å². The monoisotopic (exact) mass is 334 g/mol. The van der Waals surface area contributed by atoms with E-state index >= 15 is 0 Å². The number of benzene rings is 2. The standard InChI is InChI=1S/C20H18N2O3/c1-21-14-15(12-13-19(21)23)20(24)22(2)17-10-6-7-11-18(17)25-16-8-4-3-5-9-16/h3-14H,1-2H3. The molecule has 3 rings (SSSR count). The first-order valence-corrected chi connectivity index (χ1v) is 7.83. The highest BCUT2D eigenvalue weighted by Gasteiger charge is 2.18. The summed E-state index contributed by atoms with van der Waals surface area (Å²) in [6.07, 6.45) is 1.53. The summed E-state index contributed by atoms with van der Waals surface area (Å²) in [5, 5.41) is 0. The Morgan fingerprint density at radius 3 is 2.36 bits per heavy atom. The number of pyridine rings is 1. The Morgan fingerprint density at radius 1 is 0.960 bits per heavy atom. The number of hydrogen-bond donors (Lipinski definition) is 0. The molecule has 3 aromatic rings. The number of aromatic nitrogens is 1. The van der Waals surface area contributed by atoms with E-state index in [-0.39, 0.29) is 11.5 Å². The lowest BCUT2D eigenvalue weighted by atomic mass is 10.2. The van der Waals surface area contributed by atoms with Crippen molar-refractivity contribution < 1.29 is 9.53 Å². The van der Waals surface area contributed by atoms with Crippen molar-refractivity contribution in [3.8, 4) is 11.5 Å². The minimum absolute atomic E-state index is 0.160. The lowest BCUT2D eigenvalue weighted by Gasteiger charge is -2.21. The summed E-state index contributed by atoms with van der Waals surface area (Å²) in [6.45, 7) is 0. The summed E-state index contributed by atoms with van der Waals surface area (Å²) in [7, 11) is 3.30. The Bertz CT molecular complexity index is 948. The maximum atomic E-state index is 12.8. The van der Waals surface area contributed by atoms with E-state index in [2.05, 4.69) is 0 Å². The van der Waals surface area contributed by atoms with Crippen LogP contribution in [0.5, 0.6) is 11.5 Å². The van der Waals surface area contributed by atoms with Gasteiger partial charge in [0.15, 0.2) is 5.75 Å². The molecule has 126 valence electrons. The number of rotatable bonds is 4. The van der Waals surface area contributed by atoms with Crippen molar-refractivity contribution in [2.75, 3.05) is 11.9 Å². The molecular weight excluding hydrogens is 316 g/mol. The number of aryl methyl sites for hydroxylation is 1. The third kappa shape index (κ3) is 3.61. The minimum Gasteiger partial charge on any atom is -0.455 e. The van der Waals surface area contributed by atoms with E-state index in [1.807, 2.05) is 54.6 Å². The molecule has 25 heavy (non-hydrogen) atoms. The molecule has 0 radical (unpaired) electrons. The Kier molecular flexibility index (Phi) is 4.66. The van der Waals surface area contributed by atoms with Gasteiger partial charge in [0, 0.05) is 26.4 Å². The van der Waals surface area contributed by atoms with Crippen LogP contribution in [0, 0.1) is 0 Å². The van der Waals surface area contributed by atoms with Crippen molar-refractivity contribution in [3.05, 3.63) is 88.8 Å². The zero-order valence-electron chi connectivity index (χ0n) is 14.0. The molecule has 5 nitrogen and oxygen atoms in total. The number of anilines is 1. The Balaban J connectivity index is 1.91. The number of nitrogens with zero attached hydrogens (tertiary/aromatic N) is 2. The molecule has 0 N–H and O–H groups in total. The van der Waals surface area contributed by atoms with Gasteiger partial charge in [-0.2, -0.15) is 0 Å². The molecule has 0 aliphatic rings. The van der Waals surface area contributed by atoms with Gasteiger partial charge in [-0.25, -0.2) is 0 Å². The van der Waals surface area contributed by atoms with Crippen LogP contribution >= 0.6 is 0 Å². The second-order valence-electron chi connectivity index (χ2n) is 5.61. The van der Waals surface area contributed by atoms with Gasteiger partial charge in [0.05, 0.1) is 11.3 Å². The van der Waals surface area contributed by atoms with Crippen molar-refractivity contribution in [2.24, 2.45) is 7.05 Å². The quantitative estimate of drug-likeness (QED) is 0.734. The summed E-state index contributed by atoms with van der Waals surface area (Å²) >= 11 is 0. The predicted molar refractivity (Wildman–Crippen MR) is 97.4 cm³/mol. The van der Waals surface area contributed by atoms with Crippen LogP contribution in [0.15, 0.2) is 77.7 Å². The average molecular weight is 334 g/mol. The molecule has 0 bridgehead atoms. The van der Waals surface area contributed by atoms with Gasteiger partial charge in [-0.1, -0.05) is 30.3 Å². The number of carbonyl (C=O) groups is 1. The first-order chi connectivity index (χ1) is 12.1. The summed E-state index contributed by atoms with van der Waals surface area (Å²) in [4.78, 5) is 25.8. The largest absolute Gasteiger partial charge is 0.455 e. The second-order valence-corrected chi connectivity index (χ2v) is 5.61. The molecule has 0 atom stereocenters. The lowest BCUT2D eigenvalue weighted by Crippen LogP contribution is -2.28. The molecule has 5 heteroatoms. The van der Waals surface area contributed by atoms with Crippen LogP contribution in [0.3, 0.4) is 0 Å². The van der Waals surface area contributed by atoms with Gasteiger partial charge in [0.2, 0.25) is 5.56 Å². The normalized spacial score (nSPS) is 10.3. The second kappa shape index (κ2) is 7.05. The van der Waals surface area contributed by atoms with Crippen LogP contribution in [0.25, 0.3) is 0 Å². The Hall–Kier alpha value is -3.34. The van der Waals surface area contributed by atoms with E-state index in [9.17, 15) is 9.59 Å². The highest BCUT2D eigenvalue weighted by Crippen LogP contribution is 2.32. The van der Waals surface area contributed by atoms with Crippen LogP contribution in [-0.2, 0) is 7.05 Å². The number of carbonyl (C=O) groups excluding carboxylic acids is 1. The summed E-state index contributed by atoms with van der Waals surface area (Å²) in [5.74, 6) is 1.05. The number of ether oxygens (including phenoxy) is 1. The molecule has 0 aliphatic carbocycles. The van der Waals surface area contributed by atoms with E-state index in [0.29, 0.717) is 22.7 Å². The molecule has 0 spiro atoms. The van der Waals surface area contributed by atoms with Crippen molar-refractivity contribution >= 4 is 11.6 Å². The van der Waals surface area contributed by atoms with Gasteiger partial charge >= 0.3 is 0 Å². The zero-order valence-corrected chi connectivity index (χ0v) is 14.0.